The zero-order valence-corrected chi connectivity index (χ0v) is 23.8. The molecule has 216 valence electrons. The highest BCUT2D eigenvalue weighted by atomic mass is 16.4. The van der Waals surface area contributed by atoms with E-state index in [0.717, 1.165) is 53.2 Å². The normalized spacial score (nSPS) is 13.7. The molecule has 13 heteroatoms. The minimum Gasteiger partial charge on any atom is -0.465 e. The van der Waals surface area contributed by atoms with Crippen LogP contribution in [0.5, 0.6) is 0 Å². The number of rotatable bonds is 11. The molecule has 0 aliphatic carbocycles. The number of imidazole rings is 1. The fourth-order valence-electron chi connectivity index (χ4n) is 5.10. The standard InChI is InChI=1S/C27H40N10O3/c1-5-7-20(8-6-2)31-26-32-23(28)25-30-16-21(37(25)33-26)14-19-13-18(3)24(29-15-19)36-11-9-35(10-12-36)22(38)17-34(4)27(39)40/h13,15-16,20H,5-12,14,17H2,1-4H3,(H,39,40)(H3,28,31,32,33). The summed E-state index contributed by atoms with van der Waals surface area (Å²) in [6.45, 7) is 8.53. The smallest absolute Gasteiger partial charge is 0.407 e. The van der Waals surface area contributed by atoms with Gasteiger partial charge in [-0.15, -0.1) is 5.10 Å². The number of aromatic nitrogens is 5. The van der Waals surface area contributed by atoms with E-state index in [-0.39, 0.29) is 12.5 Å². The highest BCUT2D eigenvalue weighted by Crippen LogP contribution is 2.22. The quantitative estimate of drug-likeness (QED) is 0.323. The van der Waals surface area contributed by atoms with Gasteiger partial charge in [0.05, 0.1) is 11.9 Å². The van der Waals surface area contributed by atoms with Gasteiger partial charge in [-0.25, -0.2) is 19.3 Å². The van der Waals surface area contributed by atoms with Gasteiger partial charge in [-0.1, -0.05) is 32.8 Å². The van der Waals surface area contributed by atoms with Crippen molar-refractivity contribution in [3.63, 3.8) is 0 Å². The first-order valence-corrected chi connectivity index (χ1v) is 13.9. The lowest BCUT2D eigenvalue weighted by atomic mass is 10.1. The Hall–Kier alpha value is -4.16. The van der Waals surface area contributed by atoms with Crippen LogP contribution in [-0.2, 0) is 11.2 Å². The Kier molecular flexibility index (Phi) is 9.22. The van der Waals surface area contributed by atoms with Gasteiger partial charge < -0.3 is 30.9 Å². The van der Waals surface area contributed by atoms with Gasteiger partial charge in [-0.3, -0.25) is 4.79 Å². The molecule has 1 fully saturated rings. The minimum atomic E-state index is -1.11. The molecule has 4 N–H and O–H groups in total. The van der Waals surface area contributed by atoms with E-state index in [1.54, 1.807) is 15.6 Å². The number of nitrogen functional groups attached to an aromatic ring is 1. The lowest BCUT2D eigenvalue weighted by Crippen LogP contribution is -2.51. The van der Waals surface area contributed by atoms with Gasteiger partial charge in [0.2, 0.25) is 11.9 Å². The molecule has 0 atom stereocenters. The molecule has 13 nitrogen and oxygen atoms in total. The largest absolute Gasteiger partial charge is 0.465 e. The van der Waals surface area contributed by atoms with Crippen LogP contribution in [0.4, 0.5) is 22.4 Å². The van der Waals surface area contributed by atoms with Crippen LogP contribution < -0.4 is 16.0 Å². The first-order chi connectivity index (χ1) is 19.2. The number of fused-ring (bicyclic) bond motifs is 1. The molecule has 40 heavy (non-hydrogen) atoms. The van der Waals surface area contributed by atoms with Crippen LogP contribution in [0.15, 0.2) is 18.5 Å². The van der Waals surface area contributed by atoms with Crippen molar-refractivity contribution in [2.24, 2.45) is 0 Å². The average molecular weight is 553 g/mol. The van der Waals surface area contributed by atoms with Crippen molar-refractivity contribution < 1.29 is 14.7 Å². The molecule has 1 aliphatic rings. The first kappa shape index (κ1) is 28.8. The fraction of sp³-hybridized carbons (Fsp3) is 0.556. The predicted octanol–water partition coefficient (Wildman–Crippen LogP) is 2.64. The summed E-state index contributed by atoms with van der Waals surface area (Å²) in [5, 5.41) is 17.2. The maximum absolute atomic E-state index is 12.4. The van der Waals surface area contributed by atoms with E-state index in [1.807, 2.05) is 13.1 Å². The van der Waals surface area contributed by atoms with E-state index in [4.69, 9.17) is 20.9 Å². The van der Waals surface area contributed by atoms with E-state index < -0.39 is 6.09 Å². The van der Waals surface area contributed by atoms with Gasteiger partial charge in [0, 0.05) is 51.9 Å². The summed E-state index contributed by atoms with van der Waals surface area (Å²) < 4.78 is 1.76. The molecule has 4 rings (SSSR count). The number of piperazine rings is 1. The van der Waals surface area contributed by atoms with Crippen LogP contribution >= 0.6 is 0 Å². The molecule has 1 saturated heterocycles. The van der Waals surface area contributed by atoms with E-state index in [1.165, 1.54) is 7.05 Å². The molecule has 3 aromatic rings. The summed E-state index contributed by atoms with van der Waals surface area (Å²) in [6.07, 6.45) is 7.34. The summed E-state index contributed by atoms with van der Waals surface area (Å²) in [6, 6.07) is 2.41. The third kappa shape index (κ3) is 6.69. The van der Waals surface area contributed by atoms with Crippen LogP contribution in [-0.4, -0.2) is 97.3 Å². The fourth-order valence-corrected chi connectivity index (χ4v) is 5.10. The number of hydrogen-bond donors (Lipinski definition) is 3. The van der Waals surface area contributed by atoms with Gasteiger partial charge in [-0.2, -0.15) is 4.98 Å². The summed E-state index contributed by atoms with van der Waals surface area (Å²) >= 11 is 0. The molecule has 3 aromatic heterocycles. The maximum Gasteiger partial charge on any atom is 0.407 e. The molecule has 0 unspecified atom stereocenters. The SMILES string of the molecule is CCCC(CCC)Nc1nc(N)c2ncc(Cc3cnc(N4CCN(C(=O)CN(C)C(=O)O)CC4)c(C)c3)n2n1. The van der Waals surface area contributed by atoms with Gasteiger partial charge in [-0.05, 0) is 30.9 Å². The third-order valence-electron chi connectivity index (χ3n) is 7.19. The Balaban J connectivity index is 1.43. The van der Waals surface area contributed by atoms with E-state index >= 15 is 0 Å². The van der Waals surface area contributed by atoms with Gasteiger partial charge >= 0.3 is 6.09 Å². The molecule has 1 aliphatic heterocycles. The first-order valence-electron chi connectivity index (χ1n) is 13.9. The number of nitrogens with zero attached hydrogens (tertiary/aromatic N) is 8. The molecule has 0 radical (unpaired) electrons. The Bertz CT molecular complexity index is 1330. The molecule has 0 bridgehead atoms. The lowest BCUT2D eigenvalue weighted by molar-refractivity contribution is -0.132. The molecule has 2 amide bonds. The molecular weight excluding hydrogens is 512 g/mol. The number of hydrogen-bond acceptors (Lipinski definition) is 9. The number of pyridine rings is 1. The average Bonchev–Trinajstić information content (AvgIpc) is 3.32. The van der Waals surface area contributed by atoms with E-state index in [0.29, 0.717) is 56.1 Å². The van der Waals surface area contributed by atoms with Crippen LogP contribution in [0.3, 0.4) is 0 Å². The van der Waals surface area contributed by atoms with Gasteiger partial charge in [0.25, 0.3) is 0 Å². The summed E-state index contributed by atoms with van der Waals surface area (Å²) in [7, 11) is 1.40. The highest BCUT2D eigenvalue weighted by Gasteiger charge is 2.24. The van der Waals surface area contributed by atoms with E-state index in [9.17, 15) is 9.59 Å². The van der Waals surface area contributed by atoms with Gasteiger partial charge in [0.15, 0.2) is 11.5 Å². The van der Waals surface area contributed by atoms with Crippen LogP contribution in [0.1, 0.15) is 56.4 Å². The predicted molar refractivity (Wildman–Crippen MR) is 154 cm³/mol. The second-order valence-corrected chi connectivity index (χ2v) is 10.4. The number of carbonyl (C=O) groups excluding carboxylic acids is 1. The number of nitrogens with two attached hydrogens (primary N) is 1. The van der Waals surface area contributed by atoms with Crippen LogP contribution in [0.25, 0.3) is 5.65 Å². The zero-order chi connectivity index (χ0) is 28.8. The Morgan fingerprint density at radius 3 is 2.45 bits per heavy atom. The summed E-state index contributed by atoms with van der Waals surface area (Å²) in [5.74, 6) is 1.54. The van der Waals surface area contributed by atoms with Crippen molar-refractivity contribution in [3.05, 3.63) is 35.3 Å². The summed E-state index contributed by atoms with van der Waals surface area (Å²) in [4.78, 5) is 42.0. The maximum atomic E-state index is 12.4. The highest BCUT2D eigenvalue weighted by molar-refractivity contribution is 5.82. The molecule has 0 saturated carbocycles. The molecule has 0 spiro atoms. The van der Waals surface area contributed by atoms with Gasteiger partial charge in [0.1, 0.15) is 12.4 Å². The van der Waals surface area contributed by atoms with Crippen molar-refractivity contribution >= 4 is 35.2 Å². The zero-order valence-electron chi connectivity index (χ0n) is 23.8. The monoisotopic (exact) mass is 552 g/mol. The topological polar surface area (TPSA) is 158 Å². The Morgan fingerprint density at radius 1 is 1.12 bits per heavy atom. The van der Waals surface area contributed by atoms with Crippen molar-refractivity contribution in [2.75, 3.05) is 55.7 Å². The second-order valence-electron chi connectivity index (χ2n) is 10.4. The number of nitrogens with one attached hydrogen (secondary N) is 1. The van der Waals surface area contributed by atoms with Crippen molar-refractivity contribution in [2.45, 2.75) is 58.9 Å². The number of amides is 2. The summed E-state index contributed by atoms with van der Waals surface area (Å²) in [5.41, 5.74) is 9.72. The third-order valence-corrected chi connectivity index (χ3v) is 7.19. The van der Waals surface area contributed by atoms with E-state index in [2.05, 4.69) is 40.1 Å². The van der Waals surface area contributed by atoms with Crippen molar-refractivity contribution in [3.8, 4) is 0 Å². The van der Waals surface area contributed by atoms with Crippen molar-refractivity contribution in [1.29, 1.82) is 0 Å². The Labute approximate surface area is 234 Å². The Morgan fingerprint density at radius 2 is 1.82 bits per heavy atom. The second kappa shape index (κ2) is 12.8. The number of carboxylic acid groups (broad SMARTS) is 1. The van der Waals surface area contributed by atoms with Crippen LogP contribution in [0, 0.1) is 6.92 Å². The number of aryl methyl sites for hydroxylation is 1. The molecular formula is C27H40N10O3. The number of carbonyl (C=O) groups is 2. The number of likely N-dealkylation sites (N-methyl/N-ethyl adjacent to an activating group) is 1. The lowest BCUT2D eigenvalue weighted by Gasteiger charge is -2.36. The molecule has 0 aromatic carbocycles. The molecule has 4 heterocycles. The van der Waals surface area contributed by atoms with Crippen molar-refractivity contribution in [1.82, 2.24) is 34.4 Å². The number of anilines is 3. The van der Waals surface area contributed by atoms with Crippen LogP contribution in [0.2, 0.25) is 0 Å². The minimum absolute atomic E-state index is 0.142.